The predicted molar refractivity (Wildman–Crippen MR) is 102 cm³/mol. The van der Waals surface area contributed by atoms with E-state index in [1.807, 2.05) is 50.2 Å². The van der Waals surface area contributed by atoms with Crippen LogP contribution >= 0.6 is 0 Å². The van der Waals surface area contributed by atoms with Gasteiger partial charge in [-0.2, -0.15) is 5.10 Å². The van der Waals surface area contributed by atoms with Crippen LogP contribution in [0.25, 0.3) is 16.9 Å². The number of nitrogens with one attached hydrogen (secondary N) is 1. The number of carbonyl (C=O) groups is 1. The molecule has 3 rings (SSSR count). The quantitative estimate of drug-likeness (QED) is 0.675. The smallest absolute Gasteiger partial charge is 0.228 e. The fraction of sp³-hybridized carbons (Fsp3) is 0.238. The summed E-state index contributed by atoms with van der Waals surface area (Å²) in [7, 11) is 0. The SMILES string of the molecule is CCC(CC)C(=O)Nc1cc(-c2ccccc2)nn1-c1cccc(F)c1. The second-order valence-electron chi connectivity index (χ2n) is 6.18. The van der Waals surface area contributed by atoms with Crippen molar-refractivity contribution in [3.05, 3.63) is 66.5 Å². The molecular weight excluding hydrogens is 329 g/mol. The fourth-order valence-corrected chi connectivity index (χ4v) is 2.91. The standard InChI is InChI=1S/C21H22FN3O/c1-3-15(4-2)21(26)23-20-14-19(16-9-6-5-7-10-16)24-25(20)18-12-8-11-17(22)13-18/h5-15H,3-4H2,1-2H3,(H,23,26). The monoisotopic (exact) mass is 351 g/mol. The largest absolute Gasteiger partial charge is 0.310 e. The predicted octanol–water partition coefficient (Wildman–Crippen LogP) is 5.05. The molecule has 3 aromatic rings. The Morgan fingerprint density at radius 2 is 1.81 bits per heavy atom. The van der Waals surface area contributed by atoms with Gasteiger partial charge in [-0.3, -0.25) is 4.79 Å². The molecule has 0 saturated heterocycles. The summed E-state index contributed by atoms with van der Waals surface area (Å²) in [4.78, 5) is 12.5. The minimum absolute atomic E-state index is 0.0489. The second-order valence-corrected chi connectivity index (χ2v) is 6.18. The van der Waals surface area contributed by atoms with Crippen molar-refractivity contribution in [3.63, 3.8) is 0 Å². The summed E-state index contributed by atoms with van der Waals surface area (Å²) in [6, 6.07) is 17.7. The van der Waals surface area contributed by atoms with Crippen molar-refractivity contribution in [2.45, 2.75) is 26.7 Å². The molecule has 1 heterocycles. The zero-order valence-corrected chi connectivity index (χ0v) is 14.9. The topological polar surface area (TPSA) is 46.9 Å². The van der Waals surface area contributed by atoms with E-state index in [1.165, 1.54) is 12.1 Å². The fourth-order valence-electron chi connectivity index (χ4n) is 2.91. The van der Waals surface area contributed by atoms with Gasteiger partial charge in [0.2, 0.25) is 5.91 Å². The van der Waals surface area contributed by atoms with Crippen molar-refractivity contribution < 1.29 is 9.18 Å². The molecule has 0 spiro atoms. The third kappa shape index (κ3) is 3.82. The van der Waals surface area contributed by atoms with Gasteiger partial charge in [0, 0.05) is 17.5 Å². The van der Waals surface area contributed by atoms with E-state index in [0.29, 0.717) is 11.5 Å². The lowest BCUT2D eigenvalue weighted by atomic mass is 10.0. The number of halogens is 1. The Morgan fingerprint density at radius 1 is 1.08 bits per heavy atom. The van der Waals surface area contributed by atoms with E-state index >= 15 is 0 Å². The lowest BCUT2D eigenvalue weighted by molar-refractivity contribution is -0.120. The first-order chi connectivity index (χ1) is 12.6. The van der Waals surface area contributed by atoms with Gasteiger partial charge in [0.1, 0.15) is 11.6 Å². The summed E-state index contributed by atoms with van der Waals surface area (Å²) in [6.07, 6.45) is 1.53. The molecule has 4 nitrogen and oxygen atoms in total. The van der Waals surface area contributed by atoms with Gasteiger partial charge < -0.3 is 5.32 Å². The van der Waals surface area contributed by atoms with Gasteiger partial charge in [0.15, 0.2) is 0 Å². The number of carbonyl (C=O) groups excluding carboxylic acids is 1. The van der Waals surface area contributed by atoms with Gasteiger partial charge in [0.25, 0.3) is 0 Å². The highest BCUT2D eigenvalue weighted by Gasteiger charge is 2.18. The van der Waals surface area contributed by atoms with E-state index in [0.717, 1.165) is 24.1 Å². The molecular formula is C21H22FN3O. The van der Waals surface area contributed by atoms with Crippen LogP contribution in [-0.4, -0.2) is 15.7 Å². The molecule has 0 bridgehead atoms. The van der Waals surface area contributed by atoms with Crippen molar-refractivity contribution in [1.82, 2.24) is 9.78 Å². The number of aromatic nitrogens is 2. The molecule has 1 aromatic heterocycles. The maximum Gasteiger partial charge on any atom is 0.228 e. The molecule has 1 N–H and O–H groups in total. The lowest BCUT2D eigenvalue weighted by Crippen LogP contribution is -2.23. The number of nitrogens with zero attached hydrogens (tertiary/aromatic N) is 2. The Hall–Kier alpha value is -2.95. The Kier molecular flexibility index (Phi) is 5.46. The first-order valence-corrected chi connectivity index (χ1v) is 8.84. The van der Waals surface area contributed by atoms with Crippen LogP contribution in [0.4, 0.5) is 10.2 Å². The normalized spacial score (nSPS) is 10.9. The van der Waals surface area contributed by atoms with Crippen molar-refractivity contribution in [2.24, 2.45) is 5.92 Å². The Balaban J connectivity index is 2.03. The summed E-state index contributed by atoms with van der Waals surface area (Å²) < 4.78 is 15.3. The molecule has 0 radical (unpaired) electrons. The molecule has 134 valence electrons. The first kappa shape index (κ1) is 17.9. The van der Waals surface area contributed by atoms with Gasteiger partial charge in [-0.15, -0.1) is 0 Å². The summed E-state index contributed by atoms with van der Waals surface area (Å²) in [6.45, 7) is 3.99. The van der Waals surface area contributed by atoms with Crippen LogP contribution in [-0.2, 0) is 4.79 Å². The molecule has 26 heavy (non-hydrogen) atoms. The van der Waals surface area contributed by atoms with Crippen molar-refractivity contribution in [2.75, 3.05) is 5.32 Å². The van der Waals surface area contributed by atoms with Crippen LogP contribution in [0.3, 0.4) is 0 Å². The average Bonchev–Trinajstić information content (AvgIpc) is 3.07. The molecule has 0 saturated carbocycles. The van der Waals surface area contributed by atoms with Gasteiger partial charge in [-0.05, 0) is 31.0 Å². The van der Waals surface area contributed by atoms with Crippen LogP contribution in [0.2, 0.25) is 0 Å². The number of anilines is 1. The molecule has 0 aliphatic carbocycles. The Bertz CT molecular complexity index is 885. The lowest BCUT2D eigenvalue weighted by Gasteiger charge is -2.14. The van der Waals surface area contributed by atoms with Gasteiger partial charge in [-0.25, -0.2) is 9.07 Å². The van der Waals surface area contributed by atoms with Crippen molar-refractivity contribution in [3.8, 4) is 16.9 Å². The Labute approximate surface area is 152 Å². The van der Waals surface area contributed by atoms with E-state index in [2.05, 4.69) is 10.4 Å². The maximum atomic E-state index is 13.7. The van der Waals surface area contributed by atoms with E-state index < -0.39 is 0 Å². The van der Waals surface area contributed by atoms with E-state index in [9.17, 15) is 9.18 Å². The van der Waals surface area contributed by atoms with Crippen molar-refractivity contribution in [1.29, 1.82) is 0 Å². The molecule has 0 fully saturated rings. The summed E-state index contributed by atoms with van der Waals surface area (Å²) >= 11 is 0. The third-order valence-corrected chi connectivity index (χ3v) is 4.44. The molecule has 0 aliphatic heterocycles. The average molecular weight is 351 g/mol. The molecule has 0 unspecified atom stereocenters. The number of hydrogen-bond donors (Lipinski definition) is 1. The molecule has 2 aromatic carbocycles. The zero-order chi connectivity index (χ0) is 18.5. The highest BCUT2D eigenvalue weighted by molar-refractivity contribution is 5.92. The van der Waals surface area contributed by atoms with Crippen molar-refractivity contribution >= 4 is 11.7 Å². The number of amides is 1. The summed E-state index contributed by atoms with van der Waals surface area (Å²) in [5.74, 6) is 0.0704. The zero-order valence-electron chi connectivity index (χ0n) is 14.9. The summed E-state index contributed by atoms with van der Waals surface area (Å²) in [5.41, 5.74) is 2.21. The third-order valence-electron chi connectivity index (χ3n) is 4.44. The van der Waals surface area contributed by atoms with E-state index in [1.54, 1.807) is 16.8 Å². The van der Waals surface area contributed by atoms with Crippen LogP contribution in [0.1, 0.15) is 26.7 Å². The van der Waals surface area contributed by atoms with Crippen LogP contribution in [0.15, 0.2) is 60.7 Å². The second kappa shape index (κ2) is 7.95. The summed E-state index contributed by atoms with van der Waals surface area (Å²) in [5, 5.41) is 7.55. The van der Waals surface area contributed by atoms with Gasteiger partial charge in [-0.1, -0.05) is 50.2 Å². The van der Waals surface area contributed by atoms with E-state index in [-0.39, 0.29) is 17.6 Å². The number of benzene rings is 2. The van der Waals surface area contributed by atoms with Crippen LogP contribution < -0.4 is 5.32 Å². The minimum Gasteiger partial charge on any atom is -0.310 e. The van der Waals surface area contributed by atoms with Gasteiger partial charge in [0.05, 0.1) is 11.4 Å². The highest BCUT2D eigenvalue weighted by atomic mass is 19.1. The molecule has 1 amide bonds. The first-order valence-electron chi connectivity index (χ1n) is 8.84. The van der Waals surface area contributed by atoms with Crippen LogP contribution in [0, 0.1) is 11.7 Å². The minimum atomic E-state index is -0.350. The number of hydrogen-bond acceptors (Lipinski definition) is 2. The Morgan fingerprint density at radius 3 is 2.46 bits per heavy atom. The molecule has 0 aliphatic rings. The molecule has 0 atom stereocenters. The van der Waals surface area contributed by atoms with Crippen LogP contribution in [0.5, 0.6) is 0 Å². The van der Waals surface area contributed by atoms with E-state index in [4.69, 9.17) is 0 Å². The van der Waals surface area contributed by atoms with Gasteiger partial charge >= 0.3 is 0 Å². The number of rotatable bonds is 6. The molecule has 5 heteroatoms. The highest BCUT2D eigenvalue weighted by Crippen LogP contribution is 2.26. The maximum absolute atomic E-state index is 13.7.